The van der Waals surface area contributed by atoms with Gasteiger partial charge < -0.3 is 5.73 Å². The molecule has 2 rings (SSSR count). The number of hydrogen-bond donors (Lipinski definition) is 1. The average Bonchev–Trinajstić information content (AvgIpc) is 2.54. The standard InChI is InChI=1S/C12H13ClFN3OS/c1-7-11(12(13)17(2)16-7)6-19(18)10-4-8(14)3-9(15)5-10/h3-5H,6,15H2,1-2H3. The molecule has 0 aliphatic carbocycles. The van der Waals surface area contributed by atoms with Crippen LogP contribution in [0.4, 0.5) is 10.1 Å². The van der Waals surface area contributed by atoms with Crippen LogP contribution in [0.2, 0.25) is 5.15 Å². The Morgan fingerprint density at radius 2 is 2.16 bits per heavy atom. The molecule has 1 atom stereocenters. The van der Waals surface area contributed by atoms with Crippen molar-refractivity contribution >= 4 is 28.1 Å². The lowest BCUT2D eigenvalue weighted by molar-refractivity contribution is 0.623. The molecule has 4 nitrogen and oxygen atoms in total. The molecule has 0 bridgehead atoms. The molecule has 1 aromatic heterocycles. The summed E-state index contributed by atoms with van der Waals surface area (Å²) in [6.45, 7) is 1.79. The summed E-state index contributed by atoms with van der Waals surface area (Å²) >= 11 is 6.08. The van der Waals surface area contributed by atoms with Gasteiger partial charge in [0.2, 0.25) is 0 Å². The topological polar surface area (TPSA) is 60.9 Å². The molecule has 0 saturated heterocycles. The lowest BCUT2D eigenvalue weighted by Gasteiger charge is -2.04. The number of nitrogens with zero attached hydrogens (tertiary/aromatic N) is 2. The van der Waals surface area contributed by atoms with Crippen molar-refractivity contribution in [2.24, 2.45) is 7.05 Å². The third-order valence-electron chi connectivity index (χ3n) is 2.70. The number of aromatic nitrogens is 2. The Balaban J connectivity index is 2.30. The zero-order valence-corrected chi connectivity index (χ0v) is 12.1. The molecule has 0 amide bonds. The molecular weight excluding hydrogens is 289 g/mol. The molecule has 0 fully saturated rings. The van der Waals surface area contributed by atoms with Crippen LogP contribution in [0.5, 0.6) is 0 Å². The number of aryl methyl sites for hydroxylation is 2. The number of rotatable bonds is 3. The first kappa shape index (κ1) is 14.0. The summed E-state index contributed by atoms with van der Waals surface area (Å²) in [6, 6.07) is 3.90. The summed E-state index contributed by atoms with van der Waals surface area (Å²) in [5.74, 6) is -0.321. The van der Waals surface area contributed by atoms with E-state index in [0.717, 1.165) is 0 Å². The average molecular weight is 302 g/mol. The van der Waals surface area contributed by atoms with E-state index >= 15 is 0 Å². The Morgan fingerprint density at radius 3 is 2.68 bits per heavy atom. The fraction of sp³-hybridized carbons (Fsp3) is 0.250. The van der Waals surface area contributed by atoms with Crippen LogP contribution in [0.15, 0.2) is 23.1 Å². The zero-order chi connectivity index (χ0) is 14.2. The van der Waals surface area contributed by atoms with E-state index < -0.39 is 16.6 Å². The first-order valence-corrected chi connectivity index (χ1v) is 7.20. The number of benzene rings is 1. The van der Waals surface area contributed by atoms with Crippen LogP contribution in [0.1, 0.15) is 11.3 Å². The second kappa shape index (κ2) is 5.30. The second-order valence-corrected chi connectivity index (χ2v) is 6.00. The van der Waals surface area contributed by atoms with Crippen molar-refractivity contribution in [3.8, 4) is 0 Å². The van der Waals surface area contributed by atoms with Gasteiger partial charge in [-0.1, -0.05) is 11.6 Å². The number of nitrogen functional groups attached to an aromatic ring is 1. The molecule has 2 N–H and O–H groups in total. The minimum Gasteiger partial charge on any atom is -0.399 e. The lowest BCUT2D eigenvalue weighted by Crippen LogP contribution is -2.00. The van der Waals surface area contributed by atoms with Crippen LogP contribution in [-0.4, -0.2) is 14.0 Å². The zero-order valence-electron chi connectivity index (χ0n) is 10.5. The van der Waals surface area contributed by atoms with E-state index in [1.165, 1.54) is 22.9 Å². The van der Waals surface area contributed by atoms with Crippen molar-refractivity contribution in [2.45, 2.75) is 17.6 Å². The maximum atomic E-state index is 13.2. The summed E-state index contributed by atoms with van der Waals surface area (Å²) in [5, 5.41) is 4.58. The maximum Gasteiger partial charge on any atom is 0.131 e. The third-order valence-corrected chi connectivity index (χ3v) is 4.49. The normalized spacial score (nSPS) is 12.6. The number of hydrogen-bond acceptors (Lipinski definition) is 3. The van der Waals surface area contributed by atoms with Gasteiger partial charge in [0, 0.05) is 23.2 Å². The van der Waals surface area contributed by atoms with Crippen LogP contribution < -0.4 is 5.73 Å². The van der Waals surface area contributed by atoms with E-state index in [9.17, 15) is 8.60 Å². The molecular formula is C12H13ClFN3OS. The van der Waals surface area contributed by atoms with Gasteiger partial charge in [0.1, 0.15) is 11.0 Å². The summed E-state index contributed by atoms with van der Waals surface area (Å²) < 4.78 is 27.0. The molecule has 1 heterocycles. The maximum absolute atomic E-state index is 13.2. The fourth-order valence-electron chi connectivity index (χ4n) is 1.77. The van der Waals surface area contributed by atoms with Crippen molar-refractivity contribution in [2.75, 3.05) is 5.73 Å². The van der Waals surface area contributed by atoms with Crippen LogP contribution >= 0.6 is 11.6 Å². The molecule has 7 heteroatoms. The van der Waals surface area contributed by atoms with Crippen molar-refractivity contribution in [3.05, 3.63) is 40.4 Å². The SMILES string of the molecule is Cc1nn(C)c(Cl)c1CS(=O)c1cc(N)cc(F)c1. The van der Waals surface area contributed by atoms with Gasteiger partial charge in [-0.15, -0.1) is 0 Å². The van der Waals surface area contributed by atoms with Crippen molar-refractivity contribution < 1.29 is 8.60 Å². The smallest absolute Gasteiger partial charge is 0.131 e. The van der Waals surface area contributed by atoms with E-state index in [4.69, 9.17) is 17.3 Å². The molecule has 0 aliphatic rings. The van der Waals surface area contributed by atoms with Gasteiger partial charge in [-0.3, -0.25) is 8.89 Å². The lowest BCUT2D eigenvalue weighted by atomic mass is 10.3. The molecule has 1 unspecified atom stereocenters. The summed E-state index contributed by atoms with van der Waals surface area (Å²) in [6.07, 6.45) is 0. The molecule has 0 aliphatic heterocycles. The van der Waals surface area contributed by atoms with Crippen molar-refractivity contribution in [1.29, 1.82) is 0 Å². The summed E-state index contributed by atoms with van der Waals surface area (Å²) in [5.41, 5.74) is 7.20. The number of halogens is 2. The monoisotopic (exact) mass is 301 g/mol. The summed E-state index contributed by atoms with van der Waals surface area (Å²) in [4.78, 5) is 0.344. The first-order chi connectivity index (χ1) is 8.88. The van der Waals surface area contributed by atoms with Gasteiger partial charge in [0.25, 0.3) is 0 Å². The fourth-order valence-corrected chi connectivity index (χ4v) is 3.37. The minimum atomic E-state index is -1.42. The predicted octanol–water partition coefficient (Wildman–Crippen LogP) is 2.41. The third kappa shape index (κ3) is 2.96. The van der Waals surface area contributed by atoms with Gasteiger partial charge >= 0.3 is 0 Å². The van der Waals surface area contributed by atoms with Gasteiger partial charge in [-0.25, -0.2) is 4.39 Å². The molecule has 2 aromatic rings. The summed E-state index contributed by atoms with van der Waals surface area (Å²) in [7, 11) is 0.290. The van der Waals surface area contributed by atoms with Crippen LogP contribution in [0.3, 0.4) is 0 Å². The van der Waals surface area contributed by atoms with Crippen molar-refractivity contribution in [3.63, 3.8) is 0 Å². The van der Waals surface area contributed by atoms with Crippen LogP contribution in [0, 0.1) is 12.7 Å². The Kier molecular flexibility index (Phi) is 3.91. The Morgan fingerprint density at radius 1 is 1.47 bits per heavy atom. The van der Waals surface area contributed by atoms with E-state index in [-0.39, 0.29) is 11.4 Å². The van der Waals surface area contributed by atoms with Gasteiger partial charge in [-0.05, 0) is 25.1 Å². The predicted molar refractivity (Wildman–Crippen MR) is 73.9 cm³/mol. The van der Waals surface area contributed by atoms with E-state index in [1.54, 1.807) is 14.0 Å². The molecule has 102 valence electrons. The first-order valence-electron chi connectivity index (χ1n) is 5.51. The van der Waals surface area contributed by atoms with E-state index in [1.807, 2.05) is 0 Å². The Hall–Kier alpha value is -1.40. The molecule has 1 aromatic carbocycles. The number of anilines is 1. The van der Waals surface area contributed by atoms with Crippen LogP contribution in [-0.2, 0) is 23.6 Å². The second-order valence-electron chi connectivity index (χ2n) is 4.19. The highest BCUT2D eigenvalue weighted by Gasteiger charge is 2.16. The van der Waals surface area contributed by atoms with Gasteiger partial charge in [0.05, 0.1) is 22.2 Å². The highest BCUT2D eigenvalue weighted by Crippen LogP contribution is 2.23. The number of nitrogens with two attached hydrogens (primary N) is 1. The van der Waals surface area contributed by atoms with Crippen molar-refractivity contribution in [1.82, 2.24) is 9.78 Å². The molecule has 0 saturated carbocycles. The highest BCUT2D eigenvalue weighted by molar-refractivity contribution is 7.84. The minimum absolute atomic E-state index is 0.182. The molecule has 19 heavy (non-hydrogen) atoms. The van der Waals surface area contributed by atoms with Gasteiger partial charge in [0.15, 0.2) is 0 Å². The Labute approximate surface area is 117 Å². The molecule has 0 radical (unpaired) electrons. The highest BCUT2D eigenvalue weighted by atomic mass is 35.5. The largest absolute Gasteiger partial charge is 0.399 e. The van der Waals surface area contributed by atoms with E-state index in [2.05, 4.69) is 5.10 Å². The van der Waals surface area contributed by atoms with Crippen LogP contribution in [0.25, 0.3) is 0 Å². The molecule has 0 spiro atoms. The van der Waals surface area contributed by atoms with E-state index in [0.29, 0.717) is 21.3 Å². The van der Waals surface area contributed by atoms with Gasteiger partial charge in [-0.2, -0.15) is 5.10 Å². The quantitative estimate of drug-likeness (QED) is 0.886. The Bertz CT molecular complexity index is 636.